The fourth-order valence-corrected chi connectivity index (χ4v) is 3.13. The molecule has 0 bridgehead atoms. The Kier molecular flexibility index (Phi) is 13.8. The minimum atomic E-state index is 0. The standard InChI is InChI=1S/C21H35N3O4.HI/c1-22-21(23-10-4-12-28-16-18-8-13-27-14-9-18)24-11-7-17-5-6-19(25-2)20(15-17)26-3;/h5-6,15,18H,4,7-14,16H2,1-3H3,(H2,22,23,24);1H. The smallest absolute Gasteiger partial charge is 0.190 e. The van der Waals surface area contributed by atoms with Crippen LogP contribution in [-0.4, -0.2) is 66.7 Å². The number of nitrogens with one attached hydrogen (secondary N) is 2. The van der Waals surface area contributed by atoms with Crippen LogP contribution in [0.25, 0.3) is 0 Å². The van der Waals surface area contributed by atoms with Gasteiger partial charge in [-0.3, -0.25) is 4.99 Å². The van der Waals surface area contributed by atoms with E-state index in [1.165, 1.54) is 5.56 Å². The first-order valence-corrected chi connectivity index (χ1v) is 10.1. The second kappa shape index (κ2) is 15.6. The van der Waals surface area contributed by atoms with Crippen LogP contribution in [0.3, 0.4) is 0 Å². The van der Waals surface area contributed by atoms with Gasteiger partial charge in [-0.15, -0.1) is 24.0 Å². The van der Waals surface area contributed by atoms with Crippen LogP contribution >= 0.6 is 24.0 Å². The van der Waals surface area contributed by atoms with E-state index in [2.05, 4.69) is 21.7 Å². The summed E-state index contributed by atoms with van der Waals surface area (Å²) in [6, 6.07) is 5.99. The highest BCUT2D eigenvalue weighted by molar-refractivity contribution is 14.0. The number of aliphatic imine (C=N–C) groups is 1. The van der Waals surface area contributed by atoms with Gasteiger partial charge in [0.05, 0.1) is 14.2 Å². The number of hydrogen-bond donors (Lipinski definition) is 2. The number of halogens is 1. The van der Waals surface area contributed by atoms with Crippen molar-refractivity contribution in [3.05, 3.63) is 23.8 Å². The van der Waals surface area contributed by atoms with Crippen LogP contribution in [0.1, 0.15) is 24.8 Å². The summed E-state index contributed by atoms with van der Waals surface area (Å²) in [4.78, 5) is 4.27. The highest BCUT2D eigenvalue weighted by Crippen LogP contribution is 2.27. The van der Waals surface area contributed by atoms with Gasteiger partial charge in [-0.2, -0.15) is 0 Å². The zero-order valence-corrected chi connectivity index (χ0v) is 20.2. The quantitative estimate of drug-likeness (QED) is 0.202. The lowest BCUT2D eigenvalue weighted by Gasteiger charge is -2.21. The Balaban J connectivity index is 0.00000420. The molecule has 0 amide bonds. The van der Waals surface area contributed by atoms with E-state index < -0.39 is 0 Å². The molecule has 0 unspecified atom stereocenters. The number of methoxy groups -OCH3 is 2. The first-order chi connectivity index (χ1) is 13.8. The summed E-state index contributed by atoms with van der Waals surface area (Å²) in [6.45, 7) is 5.00. The highest BCUT2D eigenvalue weighted by Gasteiger charge is 2.13. The predicted octanol–water partition coefficient (Wildman–Crippen LogP) is 2.86. The van der Waals surface area contributed by atoms with Crippen molar-refractivity contribution in [3.63, 3.8) is 0 Å². The second-order valence-corrected chi connectivity index (χ2v) is 6.85. The van der Waals surface area contributed by atoms with Crippen LogP contribution in [-0.2, 0) is 15.9 Å². The normalized spacial score (nSPS) is 14.8. The van der Waals surface area contributed by atoms with Gasteiger partial charge < -0.3 is 29.6 Å². The van der Waals surface area contributed by atoms with Crippen molar-refractivity contribution in [2.75, 3.05) is 60.8 Å². The summed E-state index contributed by atoms with van der Waals surface area (Å²) in [5.74, 6) is 2.97. The summed E-state index contributed by atoms with van der Waals surface area (Å²) < 4.78 is 21.8. The molecule has 1 saturated heterocycles. The molecule has 1 fully saturated rings. The van der Waals surface area contributed by atoms with Gasteiger partial charge in [0.25, 0.3) is 0 Å². The molecule has 0 saturated carbocycles. The molecule has 1 aromatic rings. The van der Waals surface area contributed by atoms with Crippen LogP contribution < -0.4 is 20.1 Å². The number of rotatable bonds is 11. The molecule has 1 aliphatic rings. The second-order valence-electron chi connectivity index (χ2n) is 6.85. The van der Waals surface area contributed by atoms with Crippen molar-refractivity contribution in [1.82, 2.24) is 10.6 Å². The molecule has 2 N–H and O–H groups in total. The first kappa shape index (κ1) is 25.8. The molecule has 1 aromatic carbocycles. The lowest BCUT2D eigenvalue weighted by molar-refractivity contribution is 0.0203. The molecule has 8 heteroatoms. The molecule has 2 rings (SSSR count). The van der Waals surface area contributed by atoms with Crippen LogP contribution in [0.4, 0.5) is 0 Å². The van der Waals surface area contributed by atoms with Crippen molar-refractivity contribution < 1.29 is 18.9 Å². The fourth-order valence-electron chi connectivity index (χ4n) is 3.13. The number of hydrogen-bond acceptors (Lipinski definition) is 5. The Bertz CT molecular complexity index is 595. The molecule has 1 aliphatic heterocycles. The summed E-state index contributed by atoms with van der Waals surface area (Å²) in [5, 5.41) is 6.67. The maximum absolute atomic E-state index is 5.79. The molecule has 0 atom stereocenters. The predicted molar refractivity (Wildman–Crippen MR) is 127 cm³/mol. The summed E-state index contributed by atoms with van der Waals surface area (Å²) in [7, 11) is 5.08. The Morgan fingerprint density at radius 3 is 2.52 bits per heavy atom. The Morgan fingerprint density at radius 1 is 1.10 bits per heavy atom. The molecular formula is C21H36IN3O4. The third-order valence-corrected chi connectivity index (χ3v) is 4.83. The van der Waals surface area contributed by atoms with E-state index in [0.29, 0.717) is 5.92 Å². The number of nitrogens with zero attached hydrogens (tertiary/aromatic N) is 1. The number of ether oxygens (including phenoxy) is 4. The van der Waals surface area contributed by atoms with Crippen LogP contribution in [0, 0.1) is 5.92 Å². The minimum Gasteiger partial charge on any atom is -0.493 e. The summed E-state index contributed by atoms with van der Waals surface area (Å²) in [5.41, 5.74) is 1.18. The largest absolute Gasteiger partial charge is 0.493 e. The first-order valence-electron chi connectivity index (χ1n) is 10.1. The Labute approximate surface area is 191 Å². The van der Waals surface area contributed by atoms with E-state index in [4.69, 9.17) is 18.9 Å². The van der Waals surface area contributed by atoms with Crippen LogP contribution in [0.5, 0.6) is 11.5 Å². The molecule has 1 heterocycles. The fraction of sp³-hybridized carbons (Fsp3) is 0.667. The summed E-state index contributed by atoms with van der Waals surface area (Å²) >= 11 is 0. The van der Waals surface area contributed by atoms with E-state index in [0.717, 1.165) is 82.7 Å². The van der Waals surface area contributed by atoms with Gasteiger partial charge in [-0.1, -0.05) is 6.07 Å². The Hall–Kier alpha value is -1.26. The average molecular weight is 521 g/mol. The molecule has 7 nitrogen and oxygen atoms in total. The molecule has 0 aromatic heterocycles. The molecule has 29 heavy (non-hydrogen) atoms. The van der Waals surface area contributed by atoms with Crippen molar-refractivity contribution in [3.8, 4) is 11.5 Å². The van der Waals surface area contributed by atoms with Crippen LogP contribution in [0.2, 0.25) is 0 Å². The maximum Gasteiger partial charge on any atom is 0.190 e. The third-order valence-electron chi connectivity index (χ3n) is 4.83. The van der Waals surface area contributed by atoms with Crippen molar-refractivity contribution in [2.24, 2.45) is 10.9 Å². The van der Waals surface area contributed by atoms with E-state index in [9.17, 15) is 0 Å². The van der Waals surface area contributed by atoms with E-state index in [1.54, 1.807) is 21.3 Å². The SMILES string of the molecule is CN=C(NCCCOCC1CCOCC1)NCCc1ccc(OC)c(OC)c1.I. The zero-order chi connectivity index (χ0) is 20.0. The van der Waals surface area contributed by atoms with Crippen molar-refractivity contribution >= 4 is 29.9 Å². The molecule has 0 radical (unpaired) electrons. The van der Waals surface area contributed by atoms with E-state index >= 15 is 0 Å². The lowest BCUT2D eigenvalue weighted by Crippen LogP contribution is -2.39. The average Bonchev–Trinajstić information content (AvgIpc) is 2.75. The topological polar surface area (TPSA) is 73.3 Å². The van der Waals surface area contributed by atoms with Gasteiger partial charge in [-0.25, -0.2) is 0 Å². The minimum absolute atomic E-state index is 0. The lowest BCUT2D eigenvalue weighted by atomic mass is 10.0. The van der Waals surface area contributed by atoms with Gasteiger partial charge >= 0.3 is 0 Å². The molecule has 166 valence electrons. The highest BCUT2D eigenvalue weighted by atomic mass is 127. The molecule has 0 spiro atoms. The molecular weight excluding hydrogens is 485 g/mol. The van der Waals surface area contributed by atoms with Gasteiger partial charge in [0.2, 0.25) is 0 Å². The Morgan fingerprint density at radius 2 is 1.83 bits per heavy atom. The monoisotopic (exact) mass is 521 g/mol. The van der Waals surface area contributed by atoms with E-state index in [1.807, 2.05) is 12.1 Å². The molecule has 0 aliphatic carbocycles. The summed E-state index contributed by atoms with van der Waals surface area (Å²) in [6.07, 6.45) is 4.07. The van der Waals surface area contributed by atoms with Crippen molar-refractivity contribution in [2.45, 2.75) is 25.7 Å². The van der Waals surface area contributed by atoms with Crippen molar-refractivity contribution in [1.29, 1.82) is 0 Å². The van der Waals surface area contributed by atoms with Crippen LogP contribution in [0.15, 0.2) is 23.2 Å². The van der Waals surface area contributed by atoms with Gasteiger partial charge in [0.1, 0.15) is 0 Å². The zero-order valence-electron chi connectivity index (χ0n) is 17.9. The third kappa shape index (κ3) is 9.86. The van der Waals surface area contributed by atoms with Gasteiger partial charge in [0.15, 0.2) is 17.5 Å². The van der Waals surface area contributed by atoms with E-state index in [-0.39, 0.29) is 24.0 Å². The maximum atomic E-state index is 5.79. The van der Waals surface area contributed by atoms with Gasteiger partial charge in [-0.05, 0) is 49.3 Å². The number of benzene rings is 1. The van der Waals surface area contributed by atoms with Gasteiger partial charge in [0, 0.05) is 46.6 Å². The number of guanidine groups is 1.